The first-order valence-corrected chi connectivity index (χ1v) is 2.37. The Morgan fingerprint density at radius 2 is 2.14 bits per heavy atom. The van der Waals surface area contributed by atoms with Crippen molar-refractivity contribution in [1.82, 2.24) is 0 Å². The normalized spacial score (nSPS) is 9.43. The van der Waals surface area contributed by atoms with Crippen LogP contribution in [0.25, 0.3) is 0 Å². The van der Waals surface area contributed by atoms with E-state index in [0.29, 0.717) is 13.2 Å². The average Bonchev–Trinajstić information content (AvgIpc) is 1.69. The number of rotatable bonds is 4. The summed E-state index contributed by atoms with van der Waals surface area (Å²) in [5.41, 5.74) is 0. The number of hydrogen-bond acceptors (Lipinski definition) is 1. The van der Waals surface area contributed by atoms with E-state index in [4.69, 9.17) is 4.74 Å². The molecule has 0 N–H and O–H groups in total. The summed E-state index contributed by atoms with van der Waals surface area (Å²) < 4.78 is 4.76. The molecular weight excluding hydrogens is 92.1 g/mol. The lowest BCUT2D eigenvalue weighted by Crippen LogP contribution is -1.97. The molecule has 0 aromatic rings. The molecule has 0 aromatic heterocycles. The minimum atomic E-state index is -0.139. The van der Waals surface area contributed by atoms with Gasteiger partial charge in [0.05, 0.1) is 6.61 Å². The molecule has 0 aliphatic carbocycles. The van der Waals surface area contributed by atoms with Crippen LogP contribution in [0.4, 0.5) is 0 Å². The van der Waals surface area contributed by atoms with Gasteiger partial charge in [-0.1, -0.05) is 6.92 Å². The standard InChI is InChI=1S/C5H10O2/c1-2-4-7-5-3-6/h1-5H2. The van der Waals surface area contributed by atoms with Crippen LogP contribution in [-0.4, -0.2) is 19.8 Å². The first-order valence-electron chi connectivity index (χ1n) is 2.37. The lowest BCUT2D eigenvalue weighted by atomic mass is 10.5. The molecule has 2 heteroatoms. The van der Waals surface area contributed by atoms with Crippen LogP contribution in [0.1, 0.15) is 6.42 Å². The topological polar surface area (TPSA) is 29.1 Å². The van der Waals surface area contributed by atoms with E-state index in [-0.39, 0.29) is 6.61 Å². The molecule has 7 heavy (non-hydrogen) atoms. The van der Waals surface area contributed by atoms with Crippen LogP contribution in [0.2, 0.25) is 0 Å². The highest BCUT2D eigenvalue weighted by molar-refractivity contribution is 4.34. The van der Waals surface area contributed by atoms with Gasteiger partial charge >= 0.3 is 0 Å². The van der Waals surface area contributed by atoms with Crippen LogP contribution in [-0.2, 0) is 9.84 Å². The van der Waals surface area contributed by atoms with Crippen molar-refractivity contribution >= 4 is 0 Å². The molecule has 0 saturated heterocycles. The molecule has 0 heterocycles. The predicted molar refractivity (Wildman–Crippen MR) is 26.3 cm³/mol. The molecule has 0 saturated carbocycles. The molecule has 0 atom stereocenters. The molecule has 0 fully saturated rings. The lowest BCUT2D eigenvalue weighted by Gasteiger charge is -1.93. The average molecular weight is 102 g/mol. The largest absolute Gasteiger partial charge is 0.379 e. The Kier molecular flexibility index (Phi) is 5.85. The van der Waals surface area contributed by atoms with Gasteiger partial charge in [-0.25, -0.2) is 5.11 Å². The van der Waals surface area contributed by atoms with Crippen molar-refractivity contribution in [2.75, 3.05) is 19.8 Å². The third kappa shape index (κ3) is 5.92. The Morgan fingerprint density at radius 1 is 1.43 bits per heavy atom. The quantitative estimate of drug-likeness (QED) is 0.479. The molecule has 0 amide bonds. The SMILES string of the molecule is [CH2]CCOCC[O]. The van der Waals surface area contributed by atoms with E-state index in [0.717, 1.165) is 6.42 Å². The van der Waals surface area contributed by atoms with Gasteiger partial charge in [-0.15, -0.1) is 0 Å². The van der Waals surface area contributed by atoms with E-state index in [2.05, 4.69) is 6.92 Å². The molecule has 42 valence electrons. The Bertz CT molecular complexity index is 25.3. The monoisotopic (exact) mass is 102 g/mol. The second kappa shape index (κ2) is 5.92. The van der Waals surface area contributed by atoms with Gasteiger partial charge in [0.25, 0.3) is 0 Å². The molecule has 0 aromatic carbocycles. The predicted octanol–water partition coefficient (Wildman–Crippen LogP) is 0.658. The van der Waals surface area contributed by atoms with E-state index in [1.807, 2.05) is 0 Å². The van der Waals surface area contributed by atoms with Crippen LogP contribution in [0.5, 0.6) is 0 Å². The molecule has 2 radical (unpaired) electrons. The zero-order valence-corrected chi connectivity index (χ0v) is 4.35. The van der Waals surface area contributed by atoms with E-state index >= 15 is 0 Å². The maximum Gasteiger partial charge on any atom is 0.106 e. The highest BCUT2D eigenvalue weighted by atomic mass is 16.5. The minimum absolute atomic E-state index is 0.139. The van der Waals surface area contributed by atoms with Crippen molar-refractivity contribution < 1.29 is 9.84 Å². The van der Waals surface area contributed by atoms with Crippen molar-refractivity contribution in [3.63, 3.8) is 0 Å². The maximum absolute atomic E-state index is 9.66. The van der Waals surface area contributed by atoms with Crippen LogP contribution in [0, 0.1) is 6.92 Å². The summed E-state index contributed by atoms with van der Waals surface area (Å²) in [5, 5.41) is 9.66. The van der Waals surface area contributed by atoms with Crippen molar-refractivity contribution in [3.05, 3.63) is 6.92 Å². The molecule has 0 aliphatic heterocycles. The Balaban J connectivity index is 2.45. The number of ether oxygens (including phenoxy) is 1. The second-order valence-corrected chi connectivity index (χ2v) is 1.17. The summed E-state index contributed by atoms with van der Waals surface area (Å²) in [5.74, 6) is 0. The third-order valence-electron chi connectivity index (χ3n) is 0.516. The van der Waals surface area contributed by atoms with E-state index in [1.54, 1.807) is 0 Å². The molecule has 0 rings (SSSR count). The smallest absolute Gasteiger partial charge is 0.106 e. The molecule has 2 nitrogen and oxygen atoms in total. The van der Waals surface area contributed by atoms with Crippen LogP contribution < -0.4 is 0 Å². The summed E-state index contributed by atoms with van der Waals surface area (Å²) in [4.78, 5) is 0. The molecule has 0 spiro atoms. The van der Waals surface area contributed by atoms with Crippen molar-refractivity contribution in [1.29, 1.82) is 0 Å². The van der Waals surface area contributed by atoms with Gasteiger partial charge in [0, 0.05) is 6.61 Å². The first kappa shape index (κ1) is 6.92. The van der Waals surface area contributed by atoms with Gasteiger partial charge in [-0.05, 0) is 6.42 Å². The lowest BCUT2D eigenvalue weighted by molar-refractivity contribution is 0.0659. The highest BCUT2D eigenvalue weighted by Gasteiger charge is 1.80. The molecular formula is C5H10O2. The molecule has 0 unspecified atom stereocenters. The first-order chi connectivity index (χ1) is 3.41. The fourth-order valence-corrected chi connectivity index (χ4v) is 0.263. The summed E-state index contributed by atoms with van der Waals surface area (Å²) in [6.45, 7) is 4.33. The van der Waals surface area contributed by atoms with Crippen molar-refractivity contribution in [2.45, 2.75) is 6.42 Å². The Labute approximate surface area is 44.1 Å². The minimum Gasteiger partial charge on any atom is -0.379 e. The fourth-order valence-electron chi connectivity index (χ4n) is 0.263. The van der Waals surface area contributed by atoms with E-state index < -0.39 is 0 Å². The Morgan fingerprint density at radius 3 is 2.57 bits per heavy atom. The van der Waals surface area contributed by atoms with E-state index in [1.165, 1.54) is 0 Å². The van der Waals surface area contributed by atoms with Crippen molar-refractivity contribution in [2.24, 2.45) is 0 Å². The number of hydrogen-bond donors (Lipinski definition) is 0. The van der Waals surface area contributed by atoms with Crippen LogP contribution >= 0.6 is 0 Å². The highest BCUT2D eigenvalue weighted by Crippen LogP contribution is 1.76. The summed E-state index contributed by atoms with van der Waals surface area (Å²) in [6.07, 6.45) is 0.750. The molecule has 0 aliphatic rings. The Hall–Kier alpha value is -0.0800. The maximum atomic E-state index is 9.66. The zero-order valence-electron chi connectivity index (χ0n) is 4.35. The van der Waals surface area contributed by atoms with Gasteiger partial charge in [-0.2, -0.15) is 0 Å². The van der Waals surface area contributed by atoms with Gasteiger partial charge in [-0.3, -0.25) is 0 Å². The van der Waals surface area contributed by atoms with Crippen LogP contribution in [0.3, 0.4) is 0 Å². The van der Waals surface area contributed by atoms with Gasteiger partial charge < -0.3 is 4.74 Å². The fraction of sp³-hybridized carbons (Fsp3) is 0.800. The zero-order chi connectivity index (χ0) is 5.54. The summed E-state index contributed by atoms with van der Waals surface area (Å²) in [6, 6.07) is 0. The van der Waals surface area contributed by atoms with Crippen LogP contribution in [0.15, 0.2) is 0 Å². The second-order valence-electron chi connectivity index (χ2n) is 1.17. The van der Waals surface area contributed by atoms with Gasteiger partial charge in [0.1, 0.15) is 6.61 Å². The van der Waals surface area contributed by atoms with E-state index in [9.17, 15) is 5.11 Å². The third-order valence-corrected chi connectivity index (χ3v) is 0.516. The van der Waals surface area contributed by atoms with Gasteiger partial charge in [0.15, 0.2) is 0 Å². The van der Waals surface area contributed by atoms with Gasteiger partial charge in [0.2, 0.25) is 0 Å². The molecule has 0 bridgehead atoms. The summed E-state index contributed by atoms with van der Waals surface area (Å²) in [7, 11) is 0. The van der Waals surface area contributed by atoms with Crippen molar-refractivity contribution in [3.8, 4) is 0 Å². The summed E-state index contributed by atoms with van der Waals surface area (Å²) >= 11 is 0.